The van der Waals surface area contributed by atoms with Crippen molar-refractivity contribution in [3.63, 3.8) is 0 Å². The van der Waals surface area contributed by atoms with Gasteiger partial charge in [0, 0.05) is 34.2 Å². The third-order valence-electron chi connectivity index (χ3n) is 4.56. The van der Waals surface area contributed by atoms with E-state index in [1.54, 1.807) is 12.1 Å². The van der Waals surface area contributed by atoms with Crippen molar-refractivity contribution in [1.29, 1.82) is 0 Å². The fourth-order valence-corrected chi connectivity index (χ4v) is 4.02. The normalized spacial score (nSPS) is 20.0. The molecule has 24 heavy (non-hydrogen) atoms. The molecule has 0 atom stereocenters. The van der Waals surface area contributed by atoms with Crippen molar-refractivity contribution >= 4 is 16.8 Å². The molecule has 0 spiro atoms. The van der Waals surface area contributed by atoms with Crippen LogP contribution in [0.4, 0.5) is 0 Å². The van der Waals surface area contributed by atoms with Gasteiger partial charge in [-0.25, -0.2) is 0 Å². The molecule has 0 aliphatic carbocycles. The summed E-state index contributed by atoms with van der Waals surface area (Å²) < 4.78 is 0. The second-order valence-corrected chi connectivity index (χ2v) is 8.05. The van der Waals surface area contributed by atoms with Crippen molar-refractivity contribution < 1.29 is 4.79 Å². The molecule has 2 heterocycles. The maximum Gasteiger partial charge on any atom is 0.256 e. The van der Waals surface area contributed by atoms with Crippen molar-refractivity contribution in [2.75, 3.05) is 0 Å². The minimum absolute atomic E-state index is 0.0367. The van der Waals surface area contributed by atoms with E-state index in [-0.39, 0.29) is 34.0 Å². The Hall–Kier alpha value is -2.14. The van der Waals surface area contributed by atoms with E-state index in [0.717, 1.165) is 18.4 Å². The number of pyridine rings is 1. The lowest BCUT2D eigenvalue weighted by atomic mass is 9.79. The highest BCUT2D eigenvalue weighted by atomic mass is 16.2. The van der Waals surface area contributed by atoms with Crippen molar-refractivity contribution in [1.82, 2.24) is 15.6 Å². The van der Waals surface area contributed by atoms with E-state index >= 15 is 0 Å². The molecule has 5 heteroatoms. The molecule has 1 amide bonds. The summed E-state index contributed by atoms with van der Waals surface area (Å²) >= 11 is 0. The first kappa shape index (κ1) is 16.7. The number of para-hydroxylation sites is 1. The van der Waals surface area contributed by atoms with Crippen LogP contribution in [0.3, 0.4) is 0 Å². The fraction of sp³-hybridized carbons (Fsp3) is 0.474. The van der Waals surface area contributed by atoms with Crippen LogP contribution in [0.15, 0.2) is 35.3 Å². The van der Waals surface area contributed by atoms with Crippen molar-refractivity contribution in [2.24, 2.45) is 0 Å². The van der Waals surface area contributed by atoms with Crippen LogP contribution < -0.4 is 16.1 Å². The van der Waals surface area contributed by atoms with E-state index in [9.17, 15) is 9.59 Å². The van der Waals surface area contributed by atoms with Gasteiger partial charge in [-0.3, -0.25) is 9.59 Å². The number of H-pyrrole nitrogens is 1. The van der Waals surface area contributed by atoms with Gasteiger partial charge in [-0.1, -0.05) is 12.1 Å². The number of hydrogen-bond acceptors (Lipinski definition) is 3. The molecule has 128 valence electrons. The van der Waals surface area contributed by atoms with Gasteiger partial charge in [-0.2, -0.15) is 0 Å². The predicted octanol–water partition coefficient (Wildman–Crippen LogP) is 2.57. The maximum atomic E-state index is 12.6. The van der Waals surface area contributed by atoms with Gasteiger partial charge in [0.1, 0.15) is 5.56 Å². The van der Waals surface area contributed by atoms with Crippen LogP contribution in [0, 0.1) is 0 Å². The summed E-state index contributed by atoms with van der Waals surface area (Å²) in [5, 5.41) is 7.18. The SMILES string of the molecule is CC1(C)CC(NC(=O)c2c[nH]c3ccccc3c2=O)CC(C)(C)N1. The standard InChI is InChI=1S/C19H25N3O2/c1-18(2)9-12(10-19(3,4)22-18)21-17(24)14-11-20-15-8-6-5-7-13(15)16(14)23/h5-8,11-12,22H,9-10H2,1-4H3,(H,20,23)(H,21,24). The molecule has 0 radical (unpaired) electrons. The number of benzene rings is 1. The highest BCUT2D eigenvalue weighted by molar-refractivity contribution is 5.97. The van der Waals surface area contributed by atoms with E-state index in [2.05, 4.69) is 43.3 Å². The predicted molar refractivity (Wildman–Crippen MR) is 96.4 cm³/mol. The number of nitrogens with one attached hydrogen (secondary N) is 3. The van der Waals surface area contributed by atoms with Gasteiger partial charge in [0.15, 0.2) is 0 Å². The Balaban J connectivity index is 1.85. The van der Waals surface area contributed by atoms with E-state index in [1.165, 1.54) is 6.20 Å². The van der Waals surface area contributed by atoms with Crippen LogP contribution in [0.1, 0.15) is 50.9 Å². The molecular weight excluding hydrogens is 302 g/mol. The Morgan fingerprint density at radius 1 is 1.12 bits per heavy atom. The van der Waals surface area contributed by atoms with E-state index in [0.29, 0.717) is 5.39 Å². The number of carbonyl (C=O) groups excluding carboxylic acids is 1. The van der Waals surface area contributed by atoms with Crippen LogP contribution in [0.2, 0.25) is 0 Å². The van der Waals surface area contributed by atoms with E-state index in [1.807, 2.05) is 12.1 Å². The minimum Gasteiger partial charge on any atom is -0.360 e. The molecule has 1 saturated heterocycles. The molecule has 3 rings (SSSR count). The van der Waals surface area contributed by atoms with E-state index in [4.69, 9.17) is 0 Å². The smallest absolute Gasteiger partial charge is 0.256 e. The van der Waals surface area contributed by atoms with Gasteiger partial charge in [0.25, 0.3) is 5.91 Å². The van der Waals surface area contributed by atoms with Crippen molar-refractivity contribution in [3.05, 3.63) is 46.2 Å². The quantitative estimate of drug-likeness (QED) is 0.793. The lowest BCUT2D eigenvalue weighted by molar-refractivity contribution is 0.0872. The number of carbonyl (C=O) groups is 1. The third kappa shape index (κ3) is 3.36. The molecule has 1 aromatic carbocycles. The summed E-state index contributed by atoms with van der Waals surface area (Å²) in [6, 6.07) is 7.27. The van der Waals surface area contributed by atoms with Gasteiger partial charge >= 0.3 is 0 Å². The first-order valence-corrected chi connectivity index (χ1v) is 8.38. The Bertz CT molecular complexity index is 820. The molecular formula is C19H25N3O2. The Morgan fingerprint density at radius 2 is 1.75 bits per heavy atom. The van der Waals surface area contributed by atoms with Crippen molar-refractivity contribution in [3.8, 4) is 0 Å². The number of amides is 1. The molecule has 1 aliphatic heterocycles. The zero-order valence-electron chi connectivity index (χ0n) is 14.7. The molecule has 1 aromatic heterocycles. The number of piperidine rings is 1. The van der Waals surface area contributed by atoms with Gasteiger partial charge in [0.2, 0.25) is 5.43 Å². The van der Waals surface area contributed by atoms with Gasteiger partial charge in [0.05, 0.1) is 0 Å². The number of fused-ring (bicyclic) bond motifs is 1. The number of aromatic amines is 1. The number of hydrogen-bond donors (Lipinski definition) is 3. The largest absolute Gasteiger partial charge is 0.360 e. The van der Waals surface area contributed by atoms with Crippen molar-refractivity contribution in [2.45, 2.75) is 57.7 Å². The summed E-state index contributed by atoms with van der Waals surface area (Å²) in [5.74, 6) is -0.305. The summed E-state index contributed by atoms with van der Waals surface area (Å²) in [7, 11) is 0. The first-order valence-electron chi connectivity index (χ1n) is 8.38. The summed E-state index contributed by atoms with van der Waals surface area (Å²) in [4.78, 5) is 28.3. The maximum absolute atomic E-state index is 12.6. The molecule has 0 saturated carbocycles. The van der Waals surface area contributed by atoms with Crippen LogP contribution in [-0.4, -0.2) is 28.0 Å². The molecule has 0 unspecified atom stereocenters. The lowest BCUT2D eigenvalue weighted by Gasteiger charge is -2.46. The minimum atomic E-state index is -0.305. The zero-order valence-corrected chi connectivity index (χ0v) is 14.7. The second kappa shape index (κ2) is 5.74. The van der Waals surface area contributed by atoms with Gasteiger partial charge in [-0.05, 0) is 52.7 Å². The van der Waals surface area contributed by atoms with Crippen LogP contribution in [0.5, 0.6) is 0 Å². The van der Waals surface area contributed by atoms with Crippen LogP contribution in [-0.2, 0) is 0 Å². The van der Waals surface area contributed by atoms with Gasteiger partial charge < -0.3 is 15.6 Å². The molecule has 0 bridgehead atoms. The molecule has 5 nitrogen and oxygen atoms in total. The van der Waals surface area contributed by atoms with Crippen LogP contribution >= 0.6 is 0 Å². The second-order valence-electron chi connectivity index (χ2n) is 8.05. The van der Waals surface area contributed by atoms with Gasteiger partial charge in [-0.15, -0.1) is 0 Å². The van der Waals surface area contributed by atoms with E-state index < -0.39 is 0 Å². The third-order valence-corrected chi connectivity index (χ3v) is 4.56. The summed E-state index contributed by atoms with van der Waals surface area (Å²) in [5.41, 5.74) is 0.561. The Kier molecular flexibility index (Phi) is 4.00. The first-order chi connectivity index (χ1) is 11.2. The highest BCUT2D eigenvalue weighted by Crippen LogP contribution is 2.28. The Labute approximate surface area is 141 Å². The fourth-order valence-electron chi connectivity index (χ4n) is 4.02. The highest BCUT2D eigenvalue weighted by Gasteiger charge is 2.38. The number of aromatic nitrogens is 1. The topological polar surface area (TPSA) is 74.0 Å². The summed E-state index contributed by atoms with van der Waals surface area (Å²) in [6.07, 6.45) is 3.17. The van der Waals surface area contributed by atoms with Crippen LogP contribution in [0.25, 0.3) is 10.9 Å². The average Bonchev–Trinajstić information content (AvgIpc) is 2.44. The summed E-state index contributed by atoms with van der Waals surface area (Å²) in [6.45, 7) is 8.54. The number of rotatable bonds is 2. The monoisotopic (exact) mass is 327 g/mol. The molecule has 1 fully saturated rings. The zero-order chi connectivity index (χ0) is 17.5. The molecule has 2 aromatic rings. The lowest BCUT2D eigenvalue weighted by Crippen LogP contribution is -2.62. The Morgan fingerprint density at radius 3 is 2.42 bits per heavy atom. The molecule has 1 aliphatic rings. The molecule has 3 N–H and O–H groups in total. The average molecular weight is 327 g/mol.